The van der Waals surface area contributed by atoms with Crippen molar-refractivity contribution in [2.75, 3.05) is 38.9 Å². The second-order valence-electron chi connectivity index (χ2n) is 7.17. The van der Waals surface area contributed by atoms with Gasteiger partial charge < -0.3 is 24.7 Å². The predicted octanol–water partition coefficient (Wildman–Crippen LogP) is 3.68. The second-order valence-corrected chi connectivity index (χ2v) is 7.94. The molecule has 0 saturated carbocycles. The molecule has 2 aromatic rings. The van der Waals surface area contributed by atoms with Gasteiger partial charge in [-0.3, -0.25) is 4.99 Å². The molecule has 0 amide bonds. The highest BCUT2D eigenvalue weighted by atomic mass is 32.2. The van der Waals surface area contributed by atoms with Gasteiger partial charge in [-0.2, -0.15) is 0 Å². The second kappa shape index (κ2) is 12.3. The number of aromatic nitrogens is 3. The Morgan fingerprint density at radius 1 is 1.20 bits per heavy atom. The van der Waals surface area contributed by atoms with Gasteiger partial charge in [-0.15, -0.1) is 10.2 Å². The van der Waals surface area contributed by atoms with Gasteiger partial charge in [0.05, 0.1) is 14.2 Å². The smallest absolute Gasteiger partial charge is 0.195 e. The van der Waals surface area contributed by atoms with Crippen LogP contribution in [0.2, 0.25) is 0 Å². The minimum Gasteiger partial charge on any atom is -0.493 e. The standard InChI is InChI=1S/C21H34N6O2S/c1-7-22-20(24-16-10-11-17(28-4)18(13-16)29-5)23-12-8-9-19-25-26-21(30-6)27(19)14-15(2)3/h10-11,13,15H,7-9,12,14H2,1-6H3,(H2,22,23,24). The number of methoxy groups -OCH3 is 2. The fourth-order valence-corrected chi connectivity index (χ4v) is 3.51. The zero-order valence-electron chi connectivity index (χ0n) is 18.9. The zero-order valence-corrected chi connectivity index (χ0v) is 19.7. The van der Waals surface area contributed by atoms with Crippen LogP contribution in [0.5, 0.6) is 11.5 Å². The lowest BCUT2D eigenvalue weighted by Gasteiger charge is -2.14. The first kappa shape index (κ1) is 23.9. The third kappa shape index (κ3) is 6.83. The first-order chi connectivity index (χ1) is 14.5. The van der Waals surface area contributed by atoms with Gasteiger partial charge >= 0.3 is 0 Å². The van der Waals surface area contributed by atoms with E-state index in [4.69, 9.17) is 14.5 Å². The summed E-state index contributed by atoms with van der Waals surface area (Å²) in [5.41, 5.74) is 0.883. The van der Waals surface area contributed by atoms with E-state index in [-0.39, 0.29) is 0 Å². The number of nitrogens with zero attached hydrogens (tertiary/aromatic N) is 4. The summed E-state index contributed by atoms with van der Waals surface area (Å²) in [7, 11) is 3.25. The number of hydrogen-bond acceptors (Lipinski definition) is 6. The van der Waals surface area contributed by atoms with Crippen LogP contribution in [0.1, 0.15) is 33.0 Å². The first-order valence-electron chi connectivity index (χ1n) is 10.3. The van der Waals surface area contributed by atoms with Crippen molar-refractivity contribution in [1.82, 2.24) is 20.1 Å². The van der Waals surface area contributed by atoms with Crippen molar-refractivity contribution >= 4 is 23.4 Å². The molecule has 2 rings (SSSR count). The topological polar surface area (TPSA) is 85.6 Å². The van der Waals surface area contributed by atoms with Gasteiger partial charge in [0, 0.05) is 37.8 Å². The fourth-order valence-electron chi connectivity index (χ4n) is 2.99. The summed E-state index contributed by atoms with van der Waals surface area (Å²) in [4.78, 5) is 4.70. The van der Waals surface area contributed by atoms with E-state index in [2.05, 4.69) is 39.2 Å². The lowest BCUT2D eigenvalue weighted by Crippen LogP contribution is -2.30. The van der Waals surface area contributed by atoms with Crippen LogP contribution in [0.25, 0.3) is 0 Å². The molecule has 2 N–H and O–H groups in total. The SMILES string of the molecule is CCNC(=NCCCc1nnc(SC)n1CC(C)C)Nc1ccc(OC)c(OC)c1. The van der Waals surface area contributed by atoms with Crippen molar-refractivity contribution in [3.05, 3.63) is 24.0 Å². The van der Waals surface area contributed by atoms with E-state index in [9.17, 15) is 0 Å². The van der Waals surface area contributed by atoms with E-state index in [0.29, 0.717) is 24.0 Å². The fraction of sp³-hybridized carbons (Fsp3) is 0.571. The molecule has 30 heavy (non-hydrogen) atoms. The molecule has 0 aliphatic heterocycles. The Labute approximate surface area is 183 Å². The number of guanidine groups is 1. The Balaban J connectivity index is 2.00. The van der Waals surface area contributed by atoms with Crippen LogP contribution in [-0.2, 0) is 13.0 Å². The van der Waals surface area contributed by atoms with Crippen molar-refractivity contribution in [3.63, 3.8) is 0 Å². The lowest BCUT2D eigenvalue weighted by atomic mass is 10.2. The van der Waals surface area contributed by atoms with E-state index in [0.717, 1.165) is 48.6 Å². The van der Waals surface area contributed by atoms with E-state index >= 15 is 0 Å². The van der Waals surface area contributed by atoms with E-state index < -0.39 is 0 Å². The molecule has 0 saturated heterocycles. The largest absolute Gasteiger partial charge is 0.493 e. The molecule has 0 bridgehead atoms. The molecule has 166 valence electrons. The number of hydrogen-bond donors (Lipinski definition) is 2. The summed E-state index contributed by atoms with van der Waals surface area (Å²) in [6.45, 7) is 8.86. The predicted molar refractivity (Wildman–Crippen MR) is 124 cm³/mol. The van der Waals surface area contributed by atoms with Gasteiger partial charge in [0.2, 0.25) is 0 Å². The molecule has 1 heterocycles. The maximum atomic E-state index is 5.37. The van der Waals surface area contributed by atoms with Gasteiger partial charge in [-0.25, -0.2) is 0 Å². The molecule has 0 radical (unpaired) electrons. The maximum Gasteiger partial charge on any atom is 0.195 e. The zero-order chi connectivity index (χ0) is 21.9. The summed E-state index contributed by atoms with van der Waals surface area (Å²) in [5, 5.41) is 16.3. The Kier molecular flexibility index (Phi) is 9.79. The Bertz CT molecular complexity index is 822. The number of benzene rings is 1. The molecule has 9 heteroatoms. The highest BCUT2D eigenvalue weighted by molar-refractivity contribution is 7.98. The molecule has 0 unspecified atom stereocenters. The molecule has 8 nitrogen and oxygen atoms in total. The van der Waals surface area contributed by atoms with Crippen LogP contribution in [-0.4, -0.2) is 54.3 Å². The Hall–Kier alpha value is -2.42. The van der Waals surface area contributed by atoms with Gasteiger partial charge in [0.15, 0.2) is 22.6 Å². The molecule has 0 fully saturated rings. The monoisotopic (exact) mass is 434 g/mol. The van der Waals surface area contributed by atoms with Crippen molar-refractivity contribution in [2.45, 2.75) is 45.3 Å². The van der Waals surface area contributed by atoms with Crippen molar-refractivity contribution in [3.8, 4) is 11.5 Å². The van der Waals surface area contributed by atoms with Gasteiger partial charge in [-0.1, -0.05) is 25.6 Å². The number of ether oxygens (including phenoxy) is 2. The van der Waals surface area contributed by atoms with Gasteiger partial charge in [0.25, 0.3) is 0 Å². The Morgan fingerprint density at radius 2 is 1.97 bits per heavy atom. The first-order valence-corrected chi connectivity index (χ1v) is 11.5. The summed E-state index contributed by atoms with van der Waals surface area (Å²) in [5.74, 6) is 3.68. The number of nitrogens with one attached hydrogen (secondary N) is 2. The van der Waals surface area contributed by atoms with Crippen LogP contribution in [0.3, 0.4) is 0 Å². The van der Waals surface area contributed by atoms with Crippen molar-refractivity contribution in [2.24, 2.45) is 10.9 Å². The highest BCUT2D eigenvalue weighted by Crippen LogP contribution is 2.29. The summed E-state index contributed by atoms with van der Waals surface area (Å²) >= 11 is 1.64. The molecule has 0 aliphatic rings. The molecule has 0 atom stereocenters. The van der Waals surface area contributed by atoms with E-state index in [1.54, 1.807) is 26.0 Å². The number of aliphatic imine (C=N–C) groups is 1. The quantitative estimate of drug-likeness (QED) is 0.241. The van der Waals surface area contributed by atoms with Crippen molar-refractivity contribution < 1.29 is 9.47 Å². The minimum absolute atomic E-state index is 0.551. The van der Waals surface area contributed by atoms with Crippen LogP contribution in [0.4, 0.5) is 5.69 Å². The van der Waals surface area contributed by atoms with Gasteiger partial charge in [-0.05, 0) is 37.7 Å². The van der Waals surface area contributed by atoms with Crippen molar-refractivity contribution in [1.29, 1.82) is 0 Å². The van der Waals surface area contributed by atoms with Crippen LogP contribution < -0.4 is 20.1 Å². The number of rotatable bonds is 11. The number of aryl methyl sites for hydroxylation is 1. The molecular formula is C21H34N6O2S. The van der Waals surface area contributed by atoms with Gasteiger partial charge in [0.1, 0.15) is 5.82 Å². The lowest BCUT2D eigenvalue weighted by molar-refractivity contribution is 0.355. The number of thioether (sulfide) groups is 1. The average Bonchev–Trinajstić information content (AvgIpc) is 3.11. The molecule has 1 aromatic carbocycles. The van der Waals surface area contributed by atoms with Crippen LogP contribution >= 0.6 is 11.8 Å². The summed E-state index contributed by atoms with van der Waals surface area (Å²) < 4.78 is 12.9. The normalized spacial score (nSPS) is 11.6. The number of anilines is 1. The highest BCUT2D eigenvalue weighted by Gasteiger charge is 2.12. The van der Waals surface area contributed by atoms with E-state index in [1.165, 1.54) is 0 Å². The maximum absolute atomic E-state index is 5.37. The molecule has 0 aliphatic carbocycles. The Morgan fingerprint density at radius 3 is 2.60 bits per heavy atom. The third-order valence-corrected chi connectivity index (χ3v) is 5.01. The molecule has 1 aromatic heterocycles. The average molecular weight is 435 g/mol. The van der Waals surface area contributed by atoms with Crippen LogP contribution in [0, 0.1) is 5.92 Å². The minimum atomic E-state index is 0.551. The van der Waals surface area contributed by atoms with E-state index in [1.807, 2.05) is 31.4 Å². The van der Waals surface area contributed by atoms with Crippen LogP contribution in [0.15, 0.2) is 28.3 Å². The molecule has 0 spiro atoms. The summed E-state index contributed by atoms with van der Waals surface area (Å²) in [6, 6.07) is 5.70. The summed E-state index contributed by atoms with van der Waals surface area (Å²) in [6.07, 6.45) is 3.78. The molecular weight excluding hydrogens is 400 g/mol. The third-order valence-electron chi connectivity index (χ3n) is 4.34.